The number of barbiturate groups is 1. The van der Waals surface area contributed by atoms with Crippen LogP contribution in [0.25, 0.3) is 6.08 Å². The molecule has 0 atom stereocenters. The van der Waals surface area contributed by atoms with Crippen LogP contribution in [-0.2, 0) is 19.1 Å². The molecule has 0 saturated carbocycles. The number of nitrogens with zero attached hydrogens (tertiary/aromatic N) is 1. The average Bonchev–Trinajstić information content (AvgIpc) is 2.91. The summed E-state index contributed by atoms with van der Waals surface area (Å²) in [5.41, 5.74) is 1.72. The maximum absolute atomic E-state index is 13.3. The van der Waals surface area contributed by atoms with Crippen LogP contribution in [0.15, 0.2) is 72.3 Å². The lowest BCUT2D eigenvalue weighted by Gasteiger charge is -2.26. The number of carbonyl (C=O) groups is 5. The number of carbonyl (C=O) groups excluding carboxylic acids is 5. The first-order valence-corrected chi connectivity index (χ1v) is 11.9. The number of hydrogen-bond acceptors (Lipinski definition) is 7. The minimum atomic E-state index is -0.955. The van der Waals surface area contributed by atoms with Crippen molar-refractivity contribution in [3.8, 4) is 5.75 Å². The molecule has 0 spiro atoms. The fourth-order valence-corrected chi connectivity index (χ4v) is 3.90. The molecule has 1 aliphatic rings. The summed E-state index contributed by atoms with van der Waals surface area (Å²) in [5.74, 6) is -2.66. The van der Waals surface area contributed by atoms with Gasteiger partial charge >= 0.3 is 12.0 Å². The number of ether oxygens (including phenoxy) is 2. The van der Waals surface area contributed by atoms with Crippen LogP contribution >= 0.6 is 11.6 Å². The van der Waals surface area contributed by atoms with Gasteiger partial charge in [-0.1, -0.05) is 29.8 Å². The molecule has 0 aromatic heterocycles. The molecule has 1 aliphatic heterocycles. The van der Waals surface area contributed by atoms with Gasteiger partial charge < -0.3 is 14.8 Å². The monoisotopic (exact) mass is 547 g/mol. The van der Waals surface area contributed by atoms with Gasteiger partial charge in [0.15, 0.2) is 6.61 Å². The number of amides is 5. The Balaban J connectivity index is 1.58. The first kappa shape index (κ1) is 27.1. The second kappa shape index (κ2) is 11.6. The molecule has 2 N–H and O–H groups in total. The molecule has 0 bridgehead atoms. The third-order valence-electron chi connectivity index (χ3n) is 5.70. The second-order valence-corrected chi connectivity index (χ2v) is 8.77. The van der Waals surface area contributed by atoms with Crippen molar-refractivity contribution >= 4 is 58.8 Å². The molecule has 5 amide bonds. The van der Waals surface area contributed by atoms with Crippen molar-refractivity contribution in [1.82, 2.24) is 5.32 Å². The third-order valence-corrected chi connectivity index (χ3v) is 5.93. The maximum Gasteiger partial charge on any atom is 0.337 e. The summed E-state index contributed by atoms with van der Waals surface area (Å²) < 4.78 is 10.3. The number of para-hydroxylation sites is 1. The number of methoxy groups -OCH3 is 1. The summed E-state index contributed by atoms with van der Waals surface area (Å²) in [6.45, 7) is 1.50. The van der Waals surface area contributed by atoms with Gasteiger partial charge in [-0.2, -0.15) is 0 Å². The summed E-state index contributed by atoms with van der Waals surface area (Å²) in [6.07, 6.45) is 1.22. The van der Waals surface area contributed by atoms with E-state index in [9.17, 15) is 24.0 Å². The van der Waals surface area contributed by atoms with E-state index in [-0.39, 0.29) is 39.8 Å². The van der Waals surface area contributed by atoms with Crippen molar-refractivity contribution in [1.29, 1.82) is 0 Å². The Morgan fingerprint density at radius 1 is 1.03 bits per heavy atom. The zero-order valence-corrected chi connectivity index (χ0v) is 21.6. The number of anilines is 2. The van der Waals surface area contributed by atoms with Crippen LogP contribution < -0.4 is 20.3 Å². The Labute approximate surface area is 228 Å². The second-order valence-electron chi connectivity index (χ2n) is 8.33. The number of aryl methyl sites for hydroxylation is 1. The molecule has 0 aliphatic carbocycles. The van der Waals surface area contributed by atoms with E-state index in [1.165, 1.54) is 55.7 Å². The van der Waals surface area contributed by atoms with Crippen LogP contribution in [0, 0.1) is 6.92 Å². The molecule has 3 aromatic carbocycles. The minimum Gasteiger partial charge on any atom is -0.483 e. The lowest BCUT2D eigenvalue weighted by molar-refractivity contribution is -0.122. The van der Waals surface area contributed by atoms with Crippen LogP contribution in [0.5, 0.6) is 5.75 Å². The smallest absolute Gasteiger partial charge is 0.337 e. The van der Waals surface area contributed by atoms with E-state index >= 15 is 0 Å². The average molecular weight is 548 g/mol. The van der Waals surface area contributed by atoms with Crippen molar-refractivity contribution in [2.45, 2.75) is 6.92 Å². The Bertz CT molecular complexity index is 1520. The van der Waals surface area contributed by atoms with E-state index in [4.69, 9.17) is 16.3 Å². The molecule has 0 radical (unpaired) electrons. The third kappa shape index (κ3) is 6.13. The molecule has 39 heavy (non-hydrogen) atoms. The number of nitrogens with one attached hydrogen (secondary N) is 2. The number of benzene rings is 3. The molecule has 0 unspecified atom stereocenters. The predicted molar refractivity (Wildman–Crippen MR) is 144 cm³/mol. The van der Waals surface area contributed by atoms with Gasteiger partial charge in [0.25, 0.3) is 17.7 Å². The fraction of sp³-hybridized carbons (Fsp3) is 0.107. The summed E-state index contributed by atoms with van der Waals surface area (Å²) in [7, 11) is 1.23. The number of halogens is 1. The zero-order chi connectivity index (χ0) is 28.1. The molecule has 4 rings (SSSR count). The van der Waals surface area contributed by atoms with Crippen LogP contribution in [0.4, 0.5) is 16.2 Å². The van der Waals surface area contributed by atoms with E-state index in [0.717, 1.165) is 10.5 Å². The summed E-state index contributed by atoms with van der Waals surface area (Å²) in [4.78, 5) is 63.4. The van der Waals surface area contributed by atoms with Gasteiger partial charge in [0, 0.05) is 16.3 Å². The Morgan fingerprint density at radius 3 is 2.44 bits per heavy atom. The highest BCUT2D eigenvalue weighted by atomic mass is 35.5. The van der Waals surface area contributed by atoms with Gasteiger partial charge in [-0.15, -0.1) is 0 Å². The van der Waals surface area contributed by atoms with E-state index in [1.54, 1.807) is 12.1 Å². The van der Waals surface area contributed by atoms with Crippen molar-refractivity contribution < 1.29 is 33.4 Å². The quantitative estimate of drug-likeness (QED) is 0.258. The largest absolute Gasteiger partial charge is 0.483 e. The number of esters is 1. The zero-order valence-electron chi connectivity index (χ0n) is 20.8. The van der Waals surface area contributed by atoms with Crippen LogP contribution in [0.1, 0.15) is 21.5 Å². The Morgan fingerprint density at radius 2 is 1.74 bits per heavy atom. The molecule has 11 heteroatoms. The molecular formula is C28H22ClN3O7. The van der Waals surface area contributed by atoms with Crippen molar-refractivity contribution in [3.63, 3.8) is 0 Å². The van der Waals surface area contributed by atoms with Crippen molar-refractivity contribution in [3.05, 3.63) is 94.0 Å². The van der Waals surface area contributed by atoms with E-state index in [1.807, 2.05) is 19.1 Å². The highest BCUT2D eigenvalue weighted by Crippen LogP contribution is 2.28. The van der Waals surface area contributed by atoms with Gasteiger partial charge in [-0.25, -0.2) is 14.5 Å². The van der Waals surface area contributed by atoms with Gasteiger partial charge in [-0.3, -0.25) is 19.7 Å². The van der Waals surface area contributed by atoms with Crippen LogP contribution in [-0.4, -0.2) is 43.4 Å². The van der Waals surface area contributed by atoms with Crippen molar-refractivity contribution in [2.75, 3.05) is 23.9 Å². The van der Waals surface area contributed by atoms with E-state index in [0.29, 0.717) is 5.69 Å². The first-order valence-electron chi connectivity index (χ1n) is 11.6. The number of rotatable bonds is 7. The normalized spacial score (nSPS) is 14.2. The fourth-order valence-electron chi connectivity index (χ4n) is 3.72. The summed E-state index contributed by atoms with van der Waals surface area (Å²) >= 11 is 6.14. The molecule has 10 nitrogen and oxygen atoms in total. The molecule has 3 aromatic rings. The molecule has 198 valence electrons. The summed E-state index contributed by atoms with van der Waals surface area (Å²) in [5, 5.41) is 5.16. The van der Waals surface area contributed by atoms with Crippen LogP contribution in [0.2, 0.25) is 5.02 Å². The van der Waals surface area contributed by atoms with Crippen LogP contribution in [0.3, 0.4) is 0 Å². The number of urea groups is 1. The molecular weight excluding hydrogens is 526 g/mol. The molecule has 1 fully saturated rings. The molecule has 1 heterocycles. The highest BCUT2D eigenvalue weighted by Gasteiger charge is 2.37. The topological polar surface area (TPSA) is 131 Å². The molecule has 1 saturated heterocycles. The maximum atomic E-state index is 13.3. The van der Waals surface area contributed by atoms with Gasteiger partial charge in [0.1, 0.15) is 11.3 Å². The lowest BCUT2D eigenvalue weighted by Crippen LogP contribution is -2.54. The number of hydrogen-bond donors (Lipinski definition) is 2. The Kier molecular flexibility index (Phi) is 8.07. The summed E-state index contributed by atoms with van der Waals surface area (Å²) in [6, 6.07) is 16.3. The lowest BCUT2D eigenvalue weighted by atomic mass is 10.1. The van der Waals surface area contributed by atoms with Gasteiger partial charge in [0.2, 0.25) is 0 Å². The van der Waals surface area contributed by atoms with Crippen molar-refractivity contribution in [2.24, 2.45) is 0 Å². The standard InChI is InChI=1S/C28H22ClN3O7/c1-16-5-3-4-6-22(16)30-24(33)15-39-23-12-9-19(29)13-18(23)14-21-25(34)31-28(37)32(26(21)35)20-10-7-17(8-11-20)27(36)38-2/h3-14H,15H2,1-2H3,(H,30,33)(H,31,34,37)/b21-14-. The van der Waals surface area contributed by atoms with E-state index < -0.39 is 29.7 Å². The SMILES string of the molecule is COC(=O)c1ccc(N2C(=O)NC(=O)/C(=C/c3cc(Cl)ccc3OCC(=O)Nc3ccccc3C)C2=O)cc1. The first-order chi connectivity index (χ1) is 18.7. The van der Waals surface area contributed by atoms with Gasteiger partial charge in [-0.05, 0) is 67.1 Å². The van der Waals surface area contributed by atoms with Gasteiger partial charge in [0.05, 0.1) is 18.4 Å². The van der Waals surface area contributed by atoms with E-state index in [2.05, 4.69) is 15.4 Å². The minimum absolute atomic E-state index is 0.124. The Hall–Kier alpha value is -4.96. The predicted octanol–water partition coefficient (Wildman–Crippen LogP) is 4.12. The number of imide groups is 2. The highest BCUT2D eigenvalue weighted by molar-refractivity contribution is 6.39.